The molecule has 156 valence electrons. The van der Waals surface area contributed by atoms with E-state index in [0.29, 0.717) is 12.1 Å². The van der Waals surface area contributed by atoms with Crippen molar-refractivity contribution in [3.05, 3.63) is 71.3 Å². The molecule has 1 saturated carbocycles. The summed E-state index contributed by atoms with van der Waals surface area (Å²) in [5, 5.41) is 18.4. The van der Waals surface area contributed by atoms with Crippen molar-refractivity contribution in [3.8, 4) is 11.3 Å². The monoisotopic (exact) mass is 412 g/mol. The molecule has 1 aromatic heterocycles. The zero-order valence-electron chi connectivity index (χ0n) is 16.9. The average molecular weight is 412 g/mol. The minimum Gasteiger partial charge on any atom is -0.508 e. The Hall–Kier alpha value is -3.09. The molecule has 2 aliphatic rings. The summed E-state index contributed by atoms with van der Waals surface area (Å²) in [7, 11) is 1.44. The Morgan fingerprint density at radius 2 is 1.97 bits per heavy atom. The van der Waals surface area contributed by atoms with Crippen LogP contribution in [0.1, 0.15) is 43.9 Å². The van der Waals surface area contributed by atoms with Crippen LogP contribution >= 0.6 is 0 Å². The van der Waals surface area contributed by atoms with Crippen molar-refractivity contribution in [2.75, 3.05) is 7.11 Å². The number of carbonyl (C=O) groups is 1. The molecule has 2 bridgehead atoms. The fourth-order valence-electron chi connectivity index (χ4n) is 5.18. The van der Waals surface area contributed by atoms with E-state index in [1.54, 1.807) is 6.07 Å². The van der Waals surface area contributed by atoms with E-state index in [9.17, 15) is 18.7 Å². The van der Waals surface area contributed by atoms with Gasteiger partial charge in [-0.1, -0.05) is 19.9 Å². The zero-order chi connectivity index (χ0) is 21.7. The second-order valence-electron chi connectivity index (χ2n) is 8.32. The third-order valence-electron chi connectivity index (χ3n) is 6.68. The van der Waals surface area contributed by atoms with Gasteiger partial charge in [-0.25, -0.2) is 8.78 Å². The van der Waals surface area contributed by atoms with Crippen LogP contribution in [-0.4, -0.2) is 28.2 Å². The van der Waals surface area contributed by atoms with E-state index in [4.69, 9.17) is 4.74 Å². The van der Waals surface area contributed by atoms with Gasteiger partial charge >= 0.3 is 0 Å². The first-order chi connectivity index (χ1) is 14.2. The first-order valence-corrected chi connectivity index (χ1v) is 9.71. The number of rotatable bonds is 5. The number of methoxy groups -OCH3 is 1. The number of aliphatic hydroxyl groups excluding tert-OH is 1. The standard InChI is InChI=1S/C23H22F2N2O3/c1-22(2)15-7-9-23(22,19(29)11-13(28)8-10-30-3)21-14(15)12-18(26-27-21)20-16(24)5-4-6-17(20)25/h4-6,8,10-12,15,28H,7,9H2,1-3H3/t15-,23-/m0/s1. The smallest absolute Gasteiger partial charge is 0.172 e. The van der Waals surface area contributed by atoms with Gasteiger partial charge in [-0.15, -0.1) is 5.10 Å². The van der Waals surface area contributed by atoms with Crippen LogP contribution in [0.4, 0.5) is 8.78 Å². The molecular formula is C23H22F2N2O3. The van der Waals surface area contributed by atoms with E-state index in [2.05, 4.69) is 10.2 Å². The van der Waals surface area contributed by atoms with Crippen LogP contribution in [0.3, 0.4) is 0 Å². The predicted octanol–water partition coefficient (Wildman–Crippen LogP) is 4.75. The summed E-state index contributed by atoms with van der Waals surface area (Å²) in [6, 6.07) is 5.30. The normalized spacial score (nSPS) is 24.3. The van der Waals surface area contributed by atoms with Gasteiger partial charge in [0.2, 0.25) is 0 Å². The van der Waals surface area contributed by atoms with Crippen molar-refractivity contribution in [1.82, 2.24) is 10.2 Å². The molecule has 2 aromatic rings. The van der Waals surface area contributed by atoms with Gasteiger partial charge in [0.25, 0.3) is 0 Å². The summed E-state index contributed by atoms with van der Waals surface area (Å²) in [6.07, 6.45) is 5.05. The lowest BCUT2D eigenvalue weighted by Gasteiger charge is -2.35. The van der Waals surface area contributed by atoms with E-state index >= 15 is 0 Å². The molecule has 0 saturated heterocycles. The number of ether oxygens (including phenoxy) is 1. The third-order valence-corrected chi connectivity index (χ3v) is 6.68. The Morgan fingerprint density at radius 1 is 1.27 bits per heavy atom. The summed E-state index contributed by atoms with van der Waals surface area (Å²) in [5.74, 6) is -1.93. The Labute approximate surface area is 173 Å². The second-order valence-corrected chi connectivity index (χ2v) is 8.32. The van der Waals surface area contributed by atoms with Gasteiger partial charge in [-0.3, -0.25) is 4.79 Å². The van der Waals surface area contributed by atoms with Gasteiger partial charge in [0.05, 0.1) is 35.7 Å². The number of allylic oxidation sites excluding steroid dienone is 2. The second kappa shape index (κ2) is 7.00. The van der Waals surface area contributed by atoms with Crippen LogP contribution in [0, 0.1) is 17.0 Å². The maximum atomic E-state index is 14.3. The highest BCUT2D eigenvalue weighted by Gasteiger charge is 2.66. The number of aliphatic hydroxyl groups is 1. The third kappa shape index (κ3) is 2.68. The van der Waals surface area contributed by atoms with Crippen molar-refractivity contribution in [2.45, 2.75) is 38.0 Å². The van der Waals surface area contributed by atoms with E-state index in [-0.39, 0.29) is 28.7 Å². The highest BCUT2D eigenvalue weighted by molar-refractivity contribution is 6.01. The van der Waals surface area contributed by atoms with Gasteiger partial charge in [0.15, 0.2) is 5.78 Å². The molecule has 1 N–H and O–H groups in total. The van der Waals surface area contributed by atoms with Crippen LogP contribution in [0.2, 0.25) is 0 Å². The molecule has 7 heteroatoms. The van der Waals surface area contributed by atoms with E-state index in [1.165, 1.54) is 43.7 Å². The van der Waals surface area contributed by atoms with Crippen molar-refractivity contribution >= 4 is 5.78 Å². The highest BCUT2D eigenvalue weighted by atomic mass is 19.1. The van der Waals surface area contributed by atoms with Crippen molar-refractivity contribution in [3.63, 3.8) is 0 Å². The predicted molar refractivity (Wildman–Crippen MR) is 107 cm³/mol. The SMILES string of the molecule is COC=CC(O)=CC(=O)[C@@]12CC[C@@H](c3cc(-c4c(F)cccc4F)nnc31)C2(C)C. The first-order valence-electron chi connectivity index (χ1n) is 9.71. The van der Waals surface area contributed by atoms with Crippen LogP contribution in [-0.2, 0) is 14.9 Å². The number of carbonyl (C=O) groups excluding carboxylic acids is 1. The fraction of sp³-hybridized carbons (Fsp3) is 0.348. The zero-order valence-corrected chi connectivity index (χ0v) is 16.9. The lowest BCUT2D eigenvalue weighted by atomic mass is 9.65. The molecule has 0 radical (unpaired) electrons. The molecule has 1 aromatic carbocycles. The largest absolute Gasteiger partial charge is 0.508 e. The topological polar surface area (TPSA) is 72.3 Å². The van der Waals surface area contributed by atoms with Crippen molar-refractivity contribution in [1.29, 1.82) is 0 Å². The van der Waals surface area contributed by atoms with Crippen LogP contribution < -0.4 is 0 Å². The molecule has 2 atom stereocenters. The van der Waals surface area contributed by atoms with Gasteiger partial charge in [-0.2, -0.15) is 5.10 Å². The minimum atomic E-state index is -0.957. The van der Waals surface area contributed by atoms with Crippen molar-refractivity contribution < 1.29 is 23.4 Å². The lowest BCUT2D eigenvalue weighted by molar-refractivity contribution is -0.123. The minimum absolute atomic E-state index is 0.00871. The molecule has 0 unspecified atom stereocenters. The molecule has 1 heterocycles. The van der Waals surface area contributed by atoms with Crippen LogP contribution in [0.25, 0.3) is 11.3 Å². The summed E-state index contributed by atoms with van der Waals surface area (Å²) in [5.41, 5.74) is -0.259. The molecular weight excluding hydrogens is 390 g/mol. The molecule has 0 aliphatic heterocycles. The lowest BCUT2D eigenvalue weighted by Crippen LogP contribution is -2.42. The highest BCUT2D eigenvalue weighted by Crippen LogP contribution is 2.67. The average Bonchev–Trinajstić information content (AvgIpc) is 3.08. The number of fused-ring (bicyclic) bond motifs is 5. The van der Waals surface area contributed by atoms with Crippen molar-refractivity contribution in [2.24, 2.45) is 5.41 Å². The van der Waals surface area contributed by atoms with Gasteiger partial charge in [0, 0.05) is 12.2 Å². The Kier molecular flexibility index (Phi) is 4.71. The molecule has 0 spiro atoms. The summed E-state index contributed by atoms with van der Waals surface area (Å²) < 4.78 is 33.3. The number of hydrogen-bond acceptors (Lipinski definition) is 5. The maximum Gasteiger partial charge on any atom is 0.172 e. The Balaban J connectivity index is 1.84. The number of ketones is 1. The molecule has 30 heavy (non-hydrogen) atoms. The molecule has 5 nitrogen and oxygen atoms in total. The quantitative estimate of drug-likeness (QED) is 0.436. The number of benzene rings is 1. The number of nitrogens with zero attached hydrogens (tertiary/aromatic N) is 2. The first kappa shape index (κ1) is 20.2. The van der Waals surface area contributed by atoms with E-state index in [1.807, 2.05) is 13.8 Å². The number of halogens is 2. The van der Waals surface area contributed by atoms with Gasteiger partial charge in [0.1, 0.15) is 17.4 Å². The fourth-order valence-corrected chi connectivity index (χ4v) is 5.18. The molecule has 2 aliphatic carbocycles. The van der Waals surface area contributed by atoms with Gasteiger partial charge < -0.3 is 9.84 Å². The number of hydrogen-bond donors (Lipinski definition) is 1. The Bertz CT molecular complexity index is 1070. The van der Waals surface area contributed by atoms with E-state index < -0.39 is 22.5 Å². The molecule has 4 rings (SSSR count). The summed E-state index contributed by atoms with van der Waals surface area (Å²) >= 11 is 0. The van der Waals surface area contributed by atoms with Crippen LogP contribution in [0.15, 0.2) is 48.4 Å². The van der Waals surface area contributed by atoms with Crippen LogP contribution in [0.5, 0.6) is 0 Å². The van der Waals surface area contributed by atoms with E-state index in [0.717, 1.165) is 12.0 Å². The number of aromatic nitrogens is 2. The summed E-state index contributed by atoms with van der Waals surface area (Å²) in [6.45, 7) is 3.98. The summed E-state index contributed by atoms with van der Waals surface area (Å²) in [4.78, 5) is 13.3. The maximum absolute atomic E-state index is 14.3. The van der Waals surface area contributed by atoms with Gasteiger partial charge in [-0.05, 0) is 47.9 Å². The Morgan fingerprint density at radius 3 is 2.63 bits per heavy atom. The molecule has 1 fully saturated rings. The molecule has 0 amide bonds.